The summed E-state index contributed by atoms with van der Waals surface area (Å²) in [6.07, 6.45) is 5.27. The van der Waals surface area contributed by atoms with E-state index >= 15 is 0 Å². The van der Waals surface area contributed by atoms with Crippen molar-refractivity contribution < 1.29 is 9.59 Å². The van der Waals surface area contributed by atoms with Crippen molar-refractivity contribution in [2.75, 3.05) is 13.1 Å². The van der Waals surface area contributed by atoms with Crippen LogP contribution in [-0.4, -0.2) is 29.7 Å². The molecule has 1 aliphatic rings. The maximum Gasteiger partial charge on any atom is 0.294 e. The third kappa shape index (κ3) is 3.43. The smallest absolute Gasteiger partial charge is 0.294 e. The van der Waals surface area contributed by atoms with Gasteiger partial charge in [0.05, 0.1) is 0 Å². The second-order valence-corrected chi connectivity index (χ2v) is 5.13. The Balaban J connectivity index is 2.03. The van der Waals surface area contributed by atoms with Gasteiger partial charge < -0.3 is 4.90 Å². The fourth-order valence-corrected chi connectivity index (χ4v) is 2.48. The highest BCUT2D eigenvalue weighted by Gasteiger charge is 2.24. The van der Waals surface area contributed by atoms with Crippen molar-refractivity contribution in [3.8, 4) is 0 Å². The lowest BCUT2D eigenvalue weighted by Crippen LogP contribution is -2.40. The molecule has 0 spiro atoms. The second kappa shape index (κ2) is 6.50. The van der Waals surface area contributed by atoms with Gasteiger partial charge in [0, 0.05) is 18.7 Å². The quantitative estimate of drug-likeness (QED) is 0.616. The topological polar surface area (TPSA) is 37.4 Å². The Labute approximate surface area is 114 Å². The molecule has 1 fully saturated rings. The zero-order valence-corrected chi connectivity index (χ0v) is 11.5. The van der Waals surface area contributed by atoms with E-state index in [1.165, 1.54) is 5.56 Å². The number of hydrogen-bond donors (Lipinski definition) is 0. The lowest BCUT2D eigenvalue weighted by atomic mass is 10.0. The van der Waals surface area contributed by atoms with E-state index in [1.54, 1.807) is 17.0 Å². The van der Waals surface area contributed by atoms with E-state index in [2.05, 4.69) is 6.92 Å². The van der Waals surface area contributed by atoms with Crippen molar-refractivity contribution in [3.05, 3.63) is 35.4 Å². The van der Waals surface area contributed by atoms with Gasteiger partial charge in [0.25, 0.3) is 5.91 Å². The van der Waals surface area contributed by atoms with Gasteiger partial charge in [0.15, 0.2) is 0 Å². The summed E-state index contributed by atoms with van der Waals surface area (Å²) in [5.74, 6) is -0.715. The standard InChI is InChI=1S/C16H21NO2/c1-2-6-13-7-9-14(10-8-13)15(18)16(19)17-11-4-3-5-12-17/h7-10H,2-6,11-12H2,1H3. The van der Waals surface area contributed by atoms with E-state index in [0.717, 1.165) is 45.2 Å². The van der Waals surface area contributed by atoms with Crippen LogP contribution < -0.4 is 0 Å². The Morgan fingerprint density at radius 1 is 1.05 bits per heavy atom. The van der Waals surface area contributed by atoms with Crippen LogP contribution in [0.5, 0.6) is 0 Å². The lowest BCUT2D eigenvalue weighted by molar-refractivity contribution is -0.127. The Kier molecular flexibility index (Phi) is 4.72. The van der Waals surface area contributed by atoms with Crippen LogP contribution in [0, 0.1) is 0 Å². The largest absolute Gasteiger partial charge is 0.336 e. The molecular formula is C16H21NO2. The number of carbonyl (C=O) groups excluding carboxylic acids is 2. The fourth-order valence-electron chi connectivity index (χ4n) is 2.48. The van der Waals surface area contributed by atoms with E-state index in [4.69, 9.17) is 0 Å². The summed E-state index contributed by atoms with van der Waals surface area (Å²) in [7, 11) is 0. The summed E-state index contributed by atoms with van der Waals surface area (Å²) in [6, 6.07) is 7.44. The number of Topliss-reactive ketones (excluding diaryl/α,β-unsaturated/α-hetero) is 1. The summed E-state index contributed by atoms with van der Waals surface area (Å²) in [5.41, 5.74) is 1.72. The molecule has 0 bridgehead atoms. The molecule has 19 heavy (non-hydrogen) atoms. The first kappa shape index (κ1) is 13.8. The van der Waals surface area contributed by atoms with Crippen molar-refractivity contribution in [2.45, 2.75) is 39.0 Å². The number of ketones is 1. The maximum absolute atomic E-state index is 12.1. The average Bonchev–Trinajstić information content (AvgIpc) is 2.48. The van der Waals surface area contributed by atoms with Crippen molar-refractivity contribution >= 4 is 11.7 Å². The van der Waals surface area contributed by atoms with Crippen LogP contribution in [0.3, 0.4) is 0 Å². The molecule has 1 heterocycles. The van der Waals surface area contributed by atoms with Gasteiger partial charge in [0.2, 0.25) is 5.78 Å². The van der Waals surface area contributed by atoms with Crippen LogP contribution in [0.4, 0.5) is 0 Å². The highest BCUT2D eigenvalue weighted by molar-refractivity contribution is 6.42. The number of nitrogens with zero attached hydrogens (tertiary/aromatic N) is 1. The van der Waals surface area contributed by atoms with Crippen LogP contribution in [0.25, 0.3) is 0 Å². The molecule has 0 N–H and O–H groups in total. The number of aryl methyl sites for hydroxylation is 1. The minimum atomic E-state index is -0.370. The van der Waals surface area contributed by atoms with Crippen molar-refractivity contribution in [3.63, 3.8) is 0 Å². The van der Waals surface area contributed by atoms with Gasteiger partial charge in [-0.05, 0) is 31.2 Å². The highest BCUT2D eigenvalue weighted by Crippen LogP contribution is 2.12. The van der Waals surface area contributed by atoms with Gasteiger partial charge in [0.1, 0.15) is 0 Å². The molecule has 102 valence electrons. The first-order valence-electron chi connectivity index (χ1n) is 7.15. The van der Waals surface area contributed by atoms with E-state index < -0.39 is 0 Å². The summed E-state index contributed by atoms with van der Waals surface area (Å²) in [5, 5.41) is 0. The monoisotopic (exact) mass is 259 g/mol. The van der Waals surface area contributed by atoms with Crippen LogP contribution in [-0.2, 0) is 11.2 Å². The van der Waals surface area contributed by atoms with Crippen LogP contribution in [0.1, 0.15) is 48.5 Å². The average molecular weight is 259 g/mol. The highest BCUT2D eigenvalue weighted by atomic mass is 16.2. The molecule has 0 saturated carbocycles. The Hall–Kier alpha value is -1.64. The lowest BCUT2D eigenvalue weighted by Gasteiger charge is -2.25. The fraction of sp³-hybridized carbons (Fsp3) is 0.500. The number of benzene rings is 1. The van der Waals surface area contributed by atoms with Crippen LogP contribution in [0.15, 0.2) is 24.3 Å². The minimum absolute atomic E-state index is 0.344. The minimum Gasteiger partial charge on any atom is -0.336 e. The number of rotatable bonds is 4. The number of carbonyl (C=O) groups is 2. The molecule has 0 aliphatic carbocycles. The second-order valence-electron chi connectivity index (χ2n) is 5.13. The van der Waals surface area contributed by atoms with Crippen LogP contribution in [0.2, 0.25) is 0 Å². The molecule has 1 saturated heterocycles. The maximum atomic E-state index is 12.1. The Morgan fingerprint density at radius 3 is 2.26 bits per heavy atom. The molecule has 3 heteroatoms. The molecule has 1 aliphatic heterocycles. The number of likely N-dealkylation sites (tertiary alicyclic amines) is 1. The molecule has 2 rings (SSSR count). The van der Waals surface area contributed by atoms with Gasteiger partial charge in [-0.1, -0.05) is 37.6 Å². The molecule has 1 aromatic carbocycles. The summed E-state index contributed by atoms with van der Waals surface area (Å²) < 4.78 is 0. The van der Waals surface area contributed by atoms with Crippen molar-refractivity contribution in [1.82, 2.24) is 4.90 Å². The predicted octanol–water partition coefficient (Wildman–Crippen LogP) is 2.83. The van der Waals surface area contributed by atoms with E-state index in [9.17, 15) is 9.59 Å². The third-order valence-corrected chi connectivity index (χ3v) is 3.59. The Bertz CT molecular complexity index is 444. The van der Waals surface area contributed by atoms with Gasteiger partial charge in [-0.15, -0.1) is 0 Å². The molecule has 0 aromatic heterocycles. The van der Waals surface area contributed by atoms with Gasteiger partial charge >= 0.3 is 0 Å². The van der Waals surface area contributed by atoms with E-state index in [1.807, 2.05) is 12.1 Å². The van der Waals surface area contributed by atoms with Gasteiger partial charge in [-0.25, -0.2) is 0 Å². The SMILES string of the molecule is CCCc1ccc(C(=O)C(=O)N2CCCCC2)cc1. The molecule has 1 amide bonds. The first-order valence-corrected chi connectivity index (χ1v) is 7.15. The van der Waals surface area contributed by atoms with Crippen molar-refractivity contribution in [2.24, 2.45) is 0 Å². The molecule has 3 nitrogen and oxygen atoms in total. The molecule has 1 aromatic rings. The predicted molar refractivity (Wildman–Crippen MR) is 75.2 cm³/mol. The molecule has 0 unspecified atom stereocenters. The normalized spacial score (nSPS) is 15.3. The van der Waals surface area contributed by atoms with Gasteiger partial charge in [-0.3, -0.25) is 9.59 Å². The summed E-state index contributed by atoms with van der Waals surface area (Å²) in [6.45, 7) is 3.57. The molecular weight excluding hydrogens is 238 g/mol. The number of hydrogen-bond acceptors (Lipinski definition) is 2. The zero-order valence-electron chi connectivity index (χ0n) is 11.5. The van der Waals surface area contributed by atoms with E-state index in [0.29, 0.717) is 5.56 Å². The Morgan fingerprint density at radius 2 is 1.68 bits per heavy atom. The molecule has 0 atom stereocenters. The number of amides is 1. The summed E-state index contributed by atoms with van der Waals surface area (Å²) >= 11 is 0. The number of piperidine rings is 1. The third-order valence-electron chi connectivity index (χ3n) is 3.59. The van der Waals surface area contributed by atoms with E-state index in [-0.39, 0.29) is 11.7 Å². The van der Waals surface area contributed by atoms with Crippen LogP contribution >= 0.6 is 0 Å². The zero-order chi connectivity index (χ0) is 13.7. The van der Waals surface area contributed by atoms with Crippen molar-refractivity contribution in [1.29, 1.82) is 0 Å². The molecule has 0 radical (unpaired) electrons. The van der Waals surface area contributed by atoms with Gasteiger partial charge in [-0.2, -0.15) is 0 Å². The summed E-state index contributed by atoms with van der Waals surface area (Å²) in [4.78, 5) is 25.9. The first-order chi connectivity index (χ1) is 9.22.